The summed E-state index contributed by atoms with van der Waals surface area (Å²) >= 11 is 0. The molecule has 0 aliphatic heterocycles. The highest BCUT2D eigenvalue weighted by Gasteiger charge is 2.18. The Labute approximate surface area is 204 Å². The molecule has 10 heteroatoms. The second-order valence-electron chi connectivity index (χ2n) is 7.58. The van der Waals surface area contributed by atoms with Crippen LogP contribution < -0.4 is 5.43 Å². The third-order valence-electron chi connectivity index (χ3n) is 5.19. The summed E-state index contributed by atoms with van der Waals surface area (Å²) in [5, 5.41) is 19.2. The fraction of sp³-hybridized carbons (Fsp3) is 0. The summed E-state index contributed by atoms with van der Waals surface area (Å²) in [5.41, 5.74) is 4.66. The molecule has 5 aromatic rings. The average molecular weight is 478 g/mol. The van der Waals surface area contributed by atoms with Gasteiger partial charge in [-0.15, -0.1) is 5.10 Å². The Bertz CT molecular complexity index is 1480. The molecule has 36 heavy (non-hydrogen) atoms. The molecule has 0 saturated heterocycles. The monoisotopic (exact) mass is 478 g/mol. The highest BCUT2D eigenvalue weighted by molar-refractivity contribution is 5.91. The zero-order valence-electron chi connectivity index (χ0n) is 18.7. The minimum absolute atomic E-state index is 0.00598. The molecule has 0 unspecified atom stereocenters. The van der Waals surface area contributed by atoms with Crippen LogP contribution in [0.5, 0.6) is 0 Å². The first-order valence-electron chi connectivity index (χ1n) is 10.8. The number of carbonyl (C=O) groups is 1. The number of hydrazone groups is 1. The van der Waals surface area contributed by atoms with E-state index in [1.165, 1.54) is 18.3 Å². The van der Waals surface area contributed by atoms with Gasteiger partial charge in [-0.05, 0) is 36.4 Å². The van der Waals surface area contributed by atoms with Crippen molar-refractivity contribution < 1.29 is 14.1 Å². The van der Waals surface area contributed by atoms with E-state index in [-0.39, 0.29) is 11.5 Å². The third-order valence-corrected chi connectivity index (χ3v) is 5.19. The number of para-hydroxylation sites is 1. The topological polar surface area (TPSA) is 128 Å². The molecule has 0 aliphatic carbocycles. The van der Waals surface area contributed by atoms with Crippen molar-refractivity contribution in [2.75, 3.05) is 0 Å². The molecule has 5 rings (SSSR count). The predicted octanol–water partition coefficient (Wildman–Crippen LogP) is 4.87. The smallest absolute Gasteiger partial charge is 0.311 e. The van der Waals surface area contributed by atoms with Gasteiger partial charge in [0, 0.05) is 23.3 Å². The second kappa shape index (κ2) is 9.85. The number of nitrogens with one attached hydrogen (secondary N) is 1. The van der Waals surface area contributed by atoms with E-state index >= 15 is 0 Å². The molecule has 176 valence electrons. The molecule has 2 aromatic heterocycles. The lowest BCUT2D eigenvalue weighted by atomic mass is 10.1. The quantitative estimate of drug-likeness (QED) is 0.202. The Kier molecular flexibility index (Phi) is 6.14. The van der Waals surface area contributed by atoms with Gasteiger partial charge in [-0.25, -0.2) is 15.1 Å². The van der Waals surface area contributed by atoms with E-state index in [1.807, 2.05) is 60.7 Å². The molecule has 0 atom stereocenters. The molecule has 0 bridgehead atoms. The standard InChI is InChI=1S/C26H18N6O4/c33-26(29-27-17-22-15-16-23(36-22)18-11-13-21(14-12-18)32(34)35)24-28-25(19-7-3-1-4-8-19)31(30-24)20-9-5-2-6-10-20/h1-17H,(H,29,33). The maximum Gasteiger partial charge on any atom is 0.311 e. The van der Waals surface area contributed by atoms with Gasteiger partial charge in [-0.2, -0.15) is 5.10 Å². The van der Waals surface area contributed by atoms with E-state index in [4.69, 9.17) is 4.42 Å². The zero-order chi connectivity index (χ0) is 24.9. The molecular weight excluding hydrogens is 460 g/mol. The number of furan rings is 1. The molecule has 10 nitrogen and oxygen atoms in total. The van der Waals surface area contributed by atoms with Gasteiger partial charge in [0.2, 0.25) is 5.82 Å². The highest BCUT2D eigenvalue weighted by atomic mass is 16.6. The van der Waals surface area contributed by atoms with Crippen LogP contribution in [0.1, 0.15) is 16.4 Å². The van der Waals surface area contributed by atoms with Gasteiger partial charge in [0.1, 0.15) is 11.5 Å². The number of carbonyl (C=O) groups excluding carboxylic acids is 1. The summed E-state index contributed by atoms with van der Waals surface area (Å²) < 4.78 is 7.30. The Balaban J connectivity index is 1.32. The highest BCUT2D eigenvalue weighted by Crippen LogP contribution is 2.24. The van der Waals surface area contributed by atoms with Crippen LogP contribution >= 0.6 is 0 Å². The van der Waals surface area contributed by atoms with Crippen molar-refractivity contribution in [3.8, 4) is 28.4 Å². The fourth-order valence-corrected chi connectivity index (χ4v) is 3.46. The van der Waals surface area contributed by atoms with E-state index in [1.54, 1.807) is 28.9 Å². The molecular formula is C26H18N6O4. The molecule has 2 heterocycles. The van der Waals surface area contributed by atoms with Crippen LogP contribution in [-0.4, -0.2) is 31.8 Å². The van der Waals surface area contributed by atoms with Gasteiger partial charge >= 0.3 is 5.91 Å². The van der Waals surface area contributed by atoms with Crippen molar-refractivity contribution in [2.24, 2.45) is 5.10 Å². The zero-order valence-corrected chi connectivity index (χ0v) is 18.7. The number of amides is 1. The van der Waals surface area contributed by atoms with Crippen molar-refractivity contribution in [3.63, 3.8) is 0 Å². The normalized spacial score (nSPS) is 11.0. The first kappa shape index (κ1) is 22.4. The van der Waals surface area contributed by atoms with Gasteiger partial charge in [-0.3, -0.25) is 14.9 Å². The average Bonchev–Trinajstić information content (AvgIpc) is 3.58. The SMILES string of the molecule is O=C(NN=Cc1ccc(-c2ccc([N+](=O)[O-])cc2)o1)c1nc(-c2ccccc2)n(-c2ccccc2)n1. The minimum Gasteiger partial charge on any atom is -0.455 e. The number of benzene rings is 3. The van der Waals surface area contributed by atoms with Crippen molar-refractivity contribution in [3.05, 3.63) is 119 Å². The summed E-state index contributed by atoms with van der Waals surface area (Å²) in [6.07, 6.45) is 1.35. The molecule has 0 saturated carbocycles. The lowest BCUT2D eigenvalue weighted by Gasteiger charge is -2.05. The van der Waals surface area contributed by atoms with Crippen molar-refractivity contribution in [2.45, 2.75) is 0 Å². The maximum atomic E-state index is 12.7. The molecule has 1 amide bonds. The van der Waals surface area contributed by atoms with Gasteiger partial charge in [0.25, 0.3) is 5.69 Å². The van der Waals surface area contributed by atoms with Crippen molar-refractivity contribution in [1.29, 1.82) is 0 Å². The van der Waals surface area contributed by atoms with Gasteiger partial charge in [-0.1, -0.05) is 48.5 Å². The number of aromatic nitrogens is 3. The van der Waals surface area contributed by atoms with Crippen LogP contribution in [-0.2, 0) is 0 Å². The predicted molar refractivity (Wildman–Crippen MR) is 133 cm³/mol. The Morgan fingerprint density at radius 1 is 0.917 bits per heavy atom. The largest absolute Gasteiger partial charge is 0.455 e. The maximum absolute atomic E-state index is 12.7. The summed E-state index contributed by atoms with van der Waals surface area (Å²) in [4.78, 5) is 27.5. The second-order valence-corrected chi connectivity index (χ2v) is 7.58. The molecule has 1 N–H and O–H groups in total. The van der Waals surface area contributed by atoms with E-state index < -0.39 is 10.8 Å². The van der Waals surface area contributed by atoms with E-state index in [0.717, 1.165) is 11.3 Å². The molecule has 0 spiro atoms. The van der Waals surface area contributed by atoms with Crippen LogP contribution in [0.25, 0.3) is 28.4 Å². The van der Waals surface area contributed by atoms with Crippen LogP contribution in [0.3, 0.4) is 0 Å². The van der Waals surface area contributed by atoms with Gasteiger partial charge < -0.3 is 4.42 Å². The number of hydrogen-bond acceptors (Lipinski definition) is 7. The van der Waals surface area contributed by atoms with Crippen molar-refractivity contribution >= 4 is 17.8 Å². The van der Waals surface area contributed by atoms with E-state index in [9.17, 15) is 14.9 Å². The van der Waals surface area contributed by atoms with Crippen LogP contribution in [0, 0.1) is 10.1 Å². The van der Waals surface area contributed by atoms with Gasteiger partial charge in [0.05, 0.1) is 16.8 Å². The van der Waals surface area contributed by atoms with Crippen molar-refractivity contribution in [1.82, 2.24) is 20.2 Å². The summed E-state index contributed by atoms with van der Waals surface area (Å²) in [5.74, 6) is 0.792. The summed E-state index contributed by atoms with van der Waals surface area (Å²) in [6.45, 7) is 0. The van der Waals surface area contributed by atoms with E-state index in [2.05, 4.69) is 20.6 Å². The Morgan fingerprint density at radius 2 is 1.61 bits per heavy atom. The lowest BCUT2D eigenvalue weighted by Crippen LogP contribution is -2.19. The summed E-state index contributed by atoms with van der Waals surface area (Å²) in [7, 11) is 0. The van der Waals surface area contributed by atoms with Gasteiger partial charge in [0.15, 0.2) is 5.82 Å². The molecule has 0 radical (unpaired) electrons. The fourth-order valence-electron chi connectivity index (χ4n) is 3.46. The van der Waals surface area contributed by atoms with Crippen LogP contribution in [0.4, 0.5) is 5.69 Å². The van der Waals surface area contributed by atoms with Crippen LogP contribution in [0.2, 0.25) is 0 Å². The number of rotatable bonds is 7. The van der Waals surface area contributed by atoms with E-state index in [0.29, 0.717) is 22.9 Å². The number of nitro groups is 1. The number of nitrogens with zero attached hydrogens (tertiary/aromatic N) is 5. The lowest BCUT2D eigenvalue weighted by molar-refractivity contribution is -0.384. The third kappa shape index (κ3) is 4.77. The molecule has 0 fully saturated rings. The first-order chi connectivity index (χ1) is 17.6. The molecule has 3 aromatic carbocycles. The first-order valence-corrected chi connectivity index (χ1v) is 10.8. The van der Waals surface area contributed by atoms with Crippen LogP contribution in [0.15, 0.2) is 107 Å². The number of non-ortho nitro benzene ring substituents is 1. The Morgan fingerprint density at radius 3 is 2.31 bits per heavy atom. The Hall–Kier alpha value is -5.38. The minimum atomic E-state index is -0.583. The molecule has 0 aliphatic rings. The summed E-state index contributed by atoms with van der Waals surface area (Å²) in [6, 6.07) is 28.2. The number of hydrogen-bond donors (Lipinski definition) is 1. The number of nitro benzene ring substituents is 1.